The minimum Gasteiger partial charge on any atom is -0.354 e. The number of guanidine groups is 1. The molecule has 7 nitrogen and oxygen atoms in total. The minimum atomic E-state index is 0.409. The Kier molecular flexibility index (Phi) is 7.41. The second-order valence-corrected chi connectivity index (χ2v) is 7.60. The Hall–Kier alpha value is -2.67. The number of nitrogens with one attached hydrogen (secondary N) is 2. The van der Waals surface area contributed by atoms with Crippen LogP contribution in [0.3, 0.4) is 0 Å². The van der Waals surface area contributed by atoms with Crippen LogP contribution in [0.4, 0.5) is 0 Å². The molecule has 1 aliphatic rings. The second-order valence-electron chi connectivity index (χ2n) is 7.60. The fourth-order valence-electron chi connectivity index (χ4n) is 3.63. The van der Waals surface area contributed by atoms with Crippen molar-refractivity contribution in [1.29, 1.82) is 0 Å². The lowest BCUT2D eigenvalue weighted by molar-refractivity contribution is 0.158. The standard InChI is InChI=1S/C22H33N7/c1-5-13-23-22(24-16-21-27-26-18(3)28(21)4)25-20-11-14-29(15-12-20)17(2)19-9-7-6-8-10-19/h5-10,17,20H,1,11-16H2,2-4H3,(H2,23,24,25). The number of nitrogens with zero attached hydrogens (tertiary/aromatic N) is 5. The average molecular weight is 396 g/mol. The maximum atomic E-state index is 4.71. The molecule has 29 heavy (non-hydrogen) atoms. The van der Waals surface area contributed by atoms with Crippen molar-refractivity contribution in [3.05, 3.63) is 60.2 Å². The second kappa shape index (κ2) is 10.2. The number of hydrogen-bond acceptors (Lipinski definition) is 4. The highest BCUT2D eigenvalue weighted by Crippen LogP contribution is 2.23. The van der Waals surface area contributed by atoms with Gasteiger partial charge in [0.25, 0.3) is 0 Å². The molecule has 2 N–H and O–H groups in total. The van der Waals surface area contributed by atoms with Crippen molar-refractivity contribution < 1.29 is 0 Å². The first-order chi connectivity index (χ1) is 14.1. The molecule has 2 aromatic rings. The quantitative estimate of drug-likeness (QED) is 0.428. The number of aliphatic imine (C=N–C) groups is 1. The minimum absolute atomic E-state index is 0.409. The fraction of sp³-hybridized carbons (Fsp3) is 0.500. The van der Waals surface area contributed by atoms with Gasteiger partial charge in [0.1, 0.15) is 12.4 Å². The molecule has 1 atom stereocenters. The van der Waals surface area contributed by atoms with Crippen LogP contribution < -0.4 is 10.6 Å². The van der Waals surface area contributed by atoms with Crippen molar-refractivity contribution in [2.75, 3.05) is 19.6 Å². The van der Waals surface area contributed by atoms with Crippen LogP contribution in [-0.2, 0) is 13.6 Å². The van der Waals surface area contributed by atoms with Gasteiger partial charge in [0.05, 0.1) is 0 Å². The number of aryl methyl sites for hydroxylation is 1. The molecule has 1 unspecified atom stereocenters. The highest BCUT2D eigenvalue weighted by Gasteiger charge is 2.24. The first-order valence-corrected chi connectivity index (χ1v) is 10.4. The summed E-state index contributed by atoms with van der Waals surface area (Å²) in [7, 11) is 1.97. The van der Waals surface area contributed by atoms with E-state index in [-0.39, 0.29) is 0 Å². The predicted molar refractivity (Wildman–Crippen MR) is 118 cm³/mol. The van der Waals surface area contributed by atoms with Crippen molar-refractivity contribution >= 4 is 5.96 Å². The summed E-state index contributed by atoms with van der Waals surface area (Å²) in [6.45, 7) is 11.4. The summed E-state index contributed by atoms with van der Waals surface area (Å²) in [5.41, 5.74) is 1.38. The molecule has 0 saturated carbocycles. The van der Waals surface area contributed by atoms with Crippen molar-refractivity contribution in [3.63, 3.8) is 0 Å². The largest absolute Gasteiger partial charge is 0.354 e. The molecule has 0 amide bonds. The molecule has 1 fully saturated rings. The highest BCUT2D eigenvalue weighted by atomic mass is 15.3. The Morgan fingerprint density at radius 1 is 1.28 bits per heavy atom. The maximum Gasteiger partial charge on any atom is 0.192 e. The topological polar surface area (TPSA) is 70.4 Å². The number of likely N-dealkylation sites (tertiary alicyclic amines) is 1. The van der Waals surface area contributed by atoms with Gasteiger partial charge < -0.3 is 15.2 Å². The van der Waals surface area contributed by atoms with Gasteiger partial charge in [-0.25, -0.2) is 4.99 Å². The number of benzene rings is 1. The Morgan fingerprint density at radius 3 is 2.62 bits per heavy atom. The van der Waals surface area contributed by atoms with Gasteiger partial charge in [-0.15, -0.1) is 16.8 Å². The van der Waals surface area contributed by atoms with Gasteiger partial charge in [-0.1, -0.05) is 36.4 Å². The third-order valence-corrected chi connectivity index (χ3v) is 5.68. The van der Waals surface area contributed by atoms with Crippen molar-refractivity contribution in [1.82, 2.24) is 30.3 Å². The average Bonchev–Trinajstić information content (AvgIpc) is 3.08. The van der Waals surface area contributed by atoms with Crippen LogP contribution in [0.2, 0.25) is 0 Å². The summed E-state index contributed by atoms with van der Waals surface area (Å²) < 4.78 is 1.97. The molecule has 2 heterocycles. The molecular formula is C22H33N7. The first-order valence-electron chi connectivity index (χ1n) is 10.4. The zero-order chi connectivity index (χ0) is 20.6. The van der Waals surface area contributed by atoms with Crippen LogP contribution in [0.15, 0.2) is 48.0 Å². The van der Waals surface area contributed by atoms with Crippen LogP contribution in [0.5, 0.6) is 0 Å². The van der Waals surface area contributed by atoms with Gasteiger partial charge in [-0.2, -0.15) is 0 Å². The molecule has 1 saturated heterocycles. The monoisotopic (exact) mass is 395 g/mol. The van der Waals surface area contributed by atoms with E-state index in [9.17, 15) is 0 Å². The molecule has 1 aliphatic heterocycles. The lowest BCUT2D eigenvalue weighted by atomic mass is 10.0. The van der Waals surface area contributed by atoms with Crippen LogP contribution in [-0.4, -0.2) is 51.3 Å². The summed E-state index contributed by atoms with van der Waals surface area (Å²) in [4.78, 5) is 7.27. The molecule has 3 rings (SSSR count). The molecular weight excluding hydrogens is 362 g/mol. The van der Waals surface area contributed by atoms with Crippen molar-refractivity contribution in [2.45, 2.75) is 45.3 Å². The lowest BCUT2D eigenvalue weighted by Gasteiger charge is -2.37. The number of aromatic nitrogens is 3. The Labute approximate surface area is 173 Å². The fourth-order valence-corrected chi connectivity index (χ4v) is 3.63. The van der Waals surface area contributed by atoms with Crippen molar-refractivity contribution in [2.24, 2.45) is 12.0 Å². The number of hydrogen-bond donors (Lipinski definition) is 2. The van der Waals surface area contributed by atoms with E-state index >= 15 is 0 Å². The summed E-state index contributed by atoms with van der Waals surface area (Å²) in [5.74, 6) is 2.55. The van der Waals surface area contributed by atoms with Crippen LogP contribution >= 0.6 is 0 Å². The SMILES string of the molecule is C=CCNC(=NCc1nnc(C)n1C)NC1CCN(C(C)c2ccccc2)CC1. The summed E-state index contributed by atoms with van der Waals surface area (Å²) in [6, 6.07) is 11.6. The van der Waals surface area contributed by atoms with Gasteiger partial charge in [-0.05, 0) is 32.3 Å². The molecule has 156 valence electrons. The molecule has 0 aliphatic carbocycles. The zero-order valence-electron chi connectivity index (χ0n) is 17.8. The van der Waals surface area contributed by atoms with Gasteiger partial charge in [-0.3, -0.25) is 4.90 Å². The smallest absolute Gasteiger partial charge is 0.192 e. The lowest BCUT2D eigenvalue weighted by Crippen LogP contribution is -2.49. The van der Waals surface area contributed by atoms with E-state index in [4.69, 9.17) is 4.99 Å². The molecule has 0 spiro atoms. The first kappa shape index (κ1) is 21.0. The number of piperidine rings is 1. The maximum absolute atomic E-state index is 4.71. The van der Waals surface area contributed by atoms with E-state index in [1.807, 2.05) is 24.6 Å². The summed E-state index contributed by atoms with van der Waals surface area (Å²) >= 11 is 0. The Bertz CT molecular complexity index is 804. The number of rotatable bonds is 7. The van der Waals surface area contributed by atoms with Crippen LogP contribution in [0.25, 0.3) is 0 Å². The predicted octanol–water partition coefficient (Wildman–Crippen LogP) is 2.57. The van der Waals surface area contributed by atoms with E-state index in [1.165, 1.54) is 5.56 Å². The molecule has 0 bridgehead atoms. The van der Waals surface area contributed by atoms with E-state index < -0.39 is 0 Å². The molecule has 1 aromatic heterocycles. The van der Waals surface area contributed by atoms with E-state index in [0.29, 0.717) is 25.2 Å². The third-order valence-electron chi connectivity index (χ3n) is 5.68. The van der Waals surface area contributed by atoms with Gasteiger partial charge in [0.15, 0.2) is 11.8 Å². The normalized spacial score (nSPS) is 17.1. The molecule has 1 aromatic carbocycles. The van der Waals surface area contributed by atoms with Crippen LogP contribution in [0, 0.1) is 6.92 Å². The third kappa shape index (κ3) is 5.67. The van der Waals surface area contributed by atoms with E-state index in [1.54, 1.807) is 0 Å². The Morgan fingerprint density at radius 2 is 2.00 bits per heavy atom. The van der Waals surface area contributed by atoms with E-state index in [2.05, 4.69) is 69.6 Å². The highest BCUT2D eigenvalue weighted by molar-refractivity contribution is 5.80. The van der Waals surface area contributed by atoms with Gasteiger partial charge >= 0.3 is 0 Å². The molecule has 7 heteroatoms. The zero-order valence-corrected chi connectivity index (χ0v) is 17.8. The Balaban J connectivity index is 1.55. The van der Waals surface area contributed by atoms with Gasteiger partial charge in [0.2, 0.25) is 0 Å². The van der Waals surface area contributed by atoms with E-state index in [0.717, 1.165) is 43.5 Å². The summed E-state index contributed by atoms with van der Waals surface area (Å²) in [6.07, 6.45) is 4.03. The van der Waals surface area contributed by atoms with Crippen molar-refractivity contribution in [3.8, 4) is 0 Å². The van der Waals surface area contributed by atoms with Crippen LogP contribution in [0.1, 0.15) is 43.0 Å². The molecule has 0 radical (unpaired) electrons. The van der Waals surface area contributed by atoms with Gasteiger partial charge in [0, 0.05) is 38.8 Å². The summed E-state index contributed by atoms with van der Waals surface area (Å²) in [5, 5.41) is 15.2.